The largest absolute Gasteiger partial charge is 0.505 e. The summed E-state index contributed by atoms with van der Waals surface area (Å²) in [6, 6.07) is 4.99. The number of halogens is 3. The number of rotatable bonds is 4. The lowest BCUT2D eigenvalue weighted by Gasteiger charge is -2.31. The van der Waals surface area contributed by atoms with Crippen molar-refractivity contribution in [3.05, 3.63) is 56.8 Å². The second-order valence-corrected chi connectivity index (χ2v) is 7.72. The Hall–Kier alpha value is -2.02. The summed E-state index contributed by atoms with van der Waals surface area (Å²) in [5.74, 6) is -1.09. The number of aromatic nitrogens is 1. The second kappa shape index (κ2) is 8.99. The first-order valence-corrected chi connectivity index (χ1v) is 9.84. The number of benzene rings is 1. The summed E-state index contributed by atoms with van der Waals surface area (Å²) in [6.07, 6.45) is 4.40. The number of piperidine rings is 1. The van der Waals surface area contributed by atoms with E-state index in [-0.39, 0.29) is 32.5 Å². The van der Waals surface area contributed by atoms with Crippen molar-refractivity contribution in [3.63, 3.8) is 0 Å². The van der Waals surface area contributed by atoms with Crippen molar-refractivity contribution < 1.29 is 14.7 Å². The predicted molar refractivity (Wildman–Crippen MR) is 108 cm³/mol. The van der Waals surface area contributed by atoms with Gasteiger partial charge in [0.2, 0.25) is 5.91 Å². The summed E-state index contributed by atoms with van der Waals surface area (Å²) in [6.45, 7) is 1.14. The van der Waals surface area contributed by atoms with Gasteiger partial charge in [-0.15, -0.1) is 0 Å². The van der Waals surface area contributed by atoms with E-state index in [1.165, 1.54) is 6.07 Å². The zero-order valence-corrected chi connectivity index (χ0v) is 17.1. The molecule has 2 amide bonds. The Kier molecular flexibility index (Phi) is 6.65. The molecule has 1 aromatic carbocycles. The van der Waals surface area contributed by atoms with Gasteiger partial charge in [-0.25, -0.2) is 0 Å². The Morgan fingerprint density at radius 2 is 1.93 bits per heavy atom. The Balaban J connectivity index is 1.59. The third kappa shape index (κ3) is 4.51. The summed E-state index contributed by atoms with van der Waals surface area (Å²) in [5, 5.41) is 13.0. The number of nitrogens with one attached hydrogen (secondary N) is 1. The number of aromatic hydroxyl groups is 1. The van der Waals surface area contributed by atoms with Crippen LogP contribution in [-0.2, 0) is 11.3 Å². The van der Waals surface area contributed by atoms with E-state index in [0.717, 1.165) is 5.56 Å². The number of carbonyl (C=O) groups excluding carboxylic acids is 2. The van der Waals surface area contributed by atoms with Gasteiger partial charge < -0.3 is 15.3 Å². The maximum absolute atomic E-state index is 12.8. The molecule has 1 saturated heterocycles. The topological polar surface area (TPSA) is 82.5 Å². The monoisotopic (exact) mass is 441 g/mol. The van der Waals surface area contributed by atoms with Gasteiger partial charge in [0, 0.05) is 37.9 Å². The van der Waals surface area contributed by atoms with Gasteiger partial charge in [0.1, 0.15) is 11.3 Å². The van der Waals surface area contributed by atoms with E-state index in [1.807, 2.05) is 12.1 Å². The average Bonchev–Trinajstić information content (AvgIpc) is 2.71. The maximum Gasteiger partial charge on any atom is 0.259 e. The normalized spacial score (nSPS) is 14.8. The van der Waals surface area contributed by atoms with E-state index in [9.17, 15) is 14.7 Å². The number of phenols is 1. The van der Waals surface area contributed by atoms with Crippen LogP contribution in [0, 0.1) is 5.92 Å². The Labute approximate surface area is 177 Å². The van der Waals surface area contributed by atoms with Crippen LogP contribution in [0.5, 0.6) is 5.75 Å². The van der Waals surface area contributed by atoms with Crippen LogP contribution >= 0.6 is 34.8 Å². The number of hydrogen-bond acceptors (Lipinski definition) is 4. The van der Waals surface area contributed by atoms with Crippen LogP contribution in [0.3, 0.4) is 0 Å². The van der Waals surface area contributed by atoms with Gasteiger partial charge >= 0.3 is 0 Å². The van der Waals surface area contributed by atoms with E-state index in [4.69, 9.17) is 34.8 Å². The standard InChI is InChI=1S/C19H18Cl3N3O3/c20-13-8-14(21)17(26)15(16(13)22)19(28)25-6-3-12(4-7-25)18(27)24-10-11-2-1-5-23-9-11/h1-2,5,8-9,12,26H,3-4,6-7,10H2,(H,24,27). The molecule has 0 saturated carbocycles. The highest BCUT2D eigenvalue weighted by atomic mass is 35.5. The molecule has 0 radical (unpaired) electrons. The third-order valence-electron chi connectivity index (χ3n) is 4.70. The molecular weight excluding hydrogens is 425 g/mol. The third-order valence-corrected chi connectivity index (χ3v) is 5.78. The molecule has 0 atom stereocenters. The number of phenolic OH excluding ortho intramolecular Hbond substituents is 1. The Morgan fingerprint density at radius 1 is 1.21 bits per heavy atom. The van der Waals surface area contributed by atoms with Crippen molar-refractivity contribution in [2.45, 2.75) is 19.4 Å². The molecule has 1 fully saturated rings. The van der Waals surface area contributed by atoms with Gasteiger partial charge in [-0.05, 0) is 30.5 Å². The second-order valence-electron chi connectivity index (χ2n) is 6.52. The molecule has 1 aromatic heterocycles. The fourth-order valence-corrected chi connectivity index (χ4v) is 3.81. The lowest BCUT2D eigenvalue weighted by Crippen LogP contribution is -2.43. The first-order chi connectivity index (χ1) is 13.4. The van der Waals surface area contributed by atoms with Gasteiger partial charge in [0.15, 0.2) is 0 Å². The van der Waals surface area contributed by atoms with E-state index in [2.05, 4.69) is 10.3 Å². The molecule has 0 bridgehead atoms. The van der Waals surface area contributed by atoms with Crippen LogP contribution in [0.15, 0.2) is 30.6 Å². The minimum Gasteiger partial charge on any atom is -0.505 e. The number of amides is 2. The molecule has 1 aliphatic heterocycles. The highest BCUT2D eigenvalue weighted by Gasteiger charge is 2.31. The van der Waals surface area contributed by atoms with E-state index in [0.29, 0.717) is 32.5 Å². The number of hydrogen-bond donors (Lipinski definition) is 2. The number of nitrogens with zero attached hydrogens (tertiary/aromatic N) is 2. The van der Waals surface area contributed by atoms with E-state index in [1.54, 1.807) is 17.3 Å². The van der Waals surface area contributed by atoms with Crippen molar-refractivity contribution >= 4 is 46.6 Å². The molecule has 9 heteroatoms. The molecule has 2 heterocycles. The van der Waals surface area contributed by atoms with Crippen LogP contribution in [-0.4, -0.2) is 39.9 Å². The summed E-state index contributed by atoms with van der Waals surface area (Å²) >= 11 is 18.0. The molecule has 2 N–H and O–H groups in total. The summed E-state index contributed by atoms with van der Waals surface area (Å²) in [7, 11) is 0. The SMILES string of the molecule is O=C(NCc1cccnc1)C1CCN(C(=O)c2c(O)c(Cl)cc(Cl)c2Cl)CC1. The average molecular weight is 443 g/mol. The number of carbonyl (C=O) groups is 2. The maximum atomic E-state index is 12.8. The van der Waals surface area contributed by atoms with Gasteiger partial charge in [-0.3, -0.25) is 14.6 Å². The smallest absolute Gasteiger partial charge is 0.259 e. The molecule has 28 heavy (non-hydrogen) atoms. The molecule has 2 aromatic rings. The van der Waals surface area contributed by atoms with Gasteiger partial charge in [-0.1, -0.05) is 40.9 Å². The fraction of sp³-hybridized carbons (Fsp3) is 0.316. The molecular formula is C19H18Cl3N3O3. The molecule has 1 aliphatic rings. The van der Waals surface area contributed by atoms with Gasteiger partial charge in [0.05, 0.1) is 15.1 Å². The van der Waals surface area contributed by atoms with Crippen molar-refractivity contribution in [2.75, 3.05) is 13.1 Å². The molecule has 3 rings (SSSR count). The molecule has 6 nitrogen and oxygen atoms in total. The predicted octanol–water partition coefficient (Wildman–Crippen LogP) is 3.92. The van der Waals surface area contributed by atoms with Crippen LogP contribution in [0.25, 0.3) is 0 Å². The zero-order chi connectivity index (χ0) is 20.3. The first kappa shape index (κ1) is 20.7. The highest BCUT2D eigenvalue weighted by Crippen LogP contribution is 2.39. The van der Waals surface area contributed by atoms with Crippen LogP contribution in [0.1, 0.15) is 28.8 Å². The zero-order valence-electron chi connectivity index (χ0n) is 14.8. The first-order valence-electron chi connectivity index (χ1n) is 8.70. The molecule has 0 aliphatic carbocycles. The Morgan fingerprint density at radius 3 is 2.57 bits per heavy atom. The van der Waals surface area contributed by atoms with Crippen LogP contribution in [0.4, 0.5) is 0 Å². The van der Waals surface area contributed by atoms with Crippen molar-refractivity contribution in [1.29, 1.82) is 0 Å². The van der Waals surface area contributed by atoms with Crippen molar-refractivity contribution in [1.82, 2.24) is 15.2 Å². The Bertz CT molecular complexity index is 859. The highest BCUT2D eigenvalue weighted by molar-refractivity contribution is 6.45. The van der Waals surface area contributed by atoms with Crippen molar-refractivity contribution in [3.8, 4) is 5.75 Å². The van der Waals surface area contributed by atoms with Gasteiger partial charge in [0.25, 0.3) is 5.91 Å². The number of likely N-dealkylation sites (tertiary alicyclic amines) is 1. The van der Waals surface area contributed by atoms with E-state index < -0.39 is 11.7 Å². The lowest BCUT2D eigenvalue weighted by molar-refractivity contribution is -0.126. The minimum absolute atomic E-state index is 0.0371. The summed E-state index contributed by atoms with van der Waals surface area (Å²) in [4.78, 5) is 30.7. The lowest BCUT2D eigenvalue weighted by atomic mass is 9.95. The van der Waals surface area contributed by atoms with Crippen LogP contribution < -0.4 is 5.32 Å². The molecule has 0 spiro atoms. The molecule has 0 unspecified atom stereocenters. The summed E-state index contributed by atoms with van der Waals surface area (Å²) in [5.41, 5.74) is 0.810. The summed E-state index contributed by atoms with van der Waals surface area (Å²) < 4.78 is 0. The quantitative estimate of drug-likeness (QED) is 0.703. The number of pyridine rings is 1. The van der Waals surface area contributed by atoms with E-state index >= 15 is 0 Å². The van der Waals surface area contributed by atoms with Crippen LogP contribution in [0.2, 0.25) is 15.1 Å². The minimum atomic E-state index is -0.457. The fourth-order valence-electron chi connectivity index (χ4n) is 3.12. The van der Waals surface area contributed by atoms with Gasteiger partial charge in [-0.2, -0.15) is 0 Å². The van der Waals surface area contributed by atoms with Crippen molar-refractivity contribution in [2.24, 2.45) is 5.92 Å². The molecule has 148 valence electrons.